The van der Waals surface area contributed by atoms with Crippen LogP contribution in [0.4, 0.5) is 0 Å². The molecule has 0 saturated carbocycles. The second kappa shape index (κ2) is 54.8. The SMILES string of the molecule is CCCCC/C=C\C/C=C\C/C=C\CCCCCCCCCCCCCCC(=O)NC(COP(=O)(O)OCC[N+](C)(C)C)C(/C=C\CCCCCCCCCCC)OC(=O)CC/C=C/C/C=C\CCCCCCCC. The number of nitrogens with one attached hydrogen (secondary N) is 1. The Hall–Kier alpha value is -2.55. The Morgan fingerprint density at radius 2 is 0.827 bits per heavy atom. The summed E-state index contributed by atoms with van der Waals surface area (Å²) in [4.78, 5) is 37.6. The van der Waals surface area contributed by atoms with Crippen LogP contribution in [-0.4, -0.2) is 74.3 Å². The highest BCUT2D eigenvalue weighted by molar-refractivity contribution is 7.47. The number of carbonyl (C=O) groups is 2. The highest BCUT2D eigenvalue weighted by Gasteiger charge is 2.30. The van der Waals surface area contributed by atoms with Crippen molar-refractivity contribution in [3.63, 3.8) is 0 Å². The lowest BCUT2D eigenvalue weighted by molar-refractivity contribution is -0.870. The molecule has 0 bridgehead atoms. The third kappa shape index (κ3) is 56.0. The zero-order chi connectivity index (χ0) is 55.0. The maximum atomic E-state index is 13.5. The number of nitrogens with zero attached hydrogens (tertiary/aromatic N) is 1. The average molecular weight is 1070 g/mol. The van der Waals surface area contributed by atoms with E-state index in [-0.39, 0.29) is 25.5 Å². The number of amides is 1. The van der Waals surface area contributed by atoms with Gasteiger partial charge < -0.3 is 19.4 Å². The van der Waals surface area contributed by atoms with Crippen LogP contribution in [0.15, 0.2) is 72.9 Å². The van der Waals surface area contributed by atoms with Gasteiger partial charge in [0, 0.05) is 12.8 Å². The Kier molecular flexibility index (Phi) is 52.9. The van der Waals surface area contributed by atoms with Gasteiger partial charge in [-0.2, -0.15) is 0 Å². The van der Waals surface area contributed by atoms with Crippen molar-refractivity contribution in [1.29, 1.82) is 0 Å². The summed E-state index contributed by atoms with van der Waals surface area (Å²) in [6.07, 6.45) is 70.6. The Morgan fingerprint density at radius 1 is 0.467 bits per heavy atom. The Bertz CT molecular complexity index is 1510. The van der Waals surface area contributed by atoms with Crippen LogP contribution in [0.2, 0.25) is 0 Å². The second-order valence-electron chi connectivity index (χ2n) is 22.2. The van der Waals surface area contributed by atoms with Gasteiger partial charge in [0.1, 0.15) is 19.3 Å². The van der Waals surface area contributed by atoms with Crippen LogP contribution in [0.5, 0.6) is 0 Å². The Morgan fingerprint density at radius 3 is 1.27 bits per heavy atom. The zero-order valence-corrected chi connectivity index (χ0v) is 50.7. The highest BCUT2D eigenvalue weighted by Crippen LogP contribution is 2.43. The first kappa shape index (κ1) is 72.5. The van der Waals surface area contributed by atoms with Crippen molar-refractivity contribution in [2.45, 2.75) is 290 Å². The van der Waals surface area contributed by atoms with E-state index in [2.05, 4.69) is 80.8 Å². The van der Waals surface area contributed by atoms with Gasteiger partial charge in [-0.25, -0.2) is 4.57 Å². The van der Waals surface area contributed by atoms with E-state index in [0.717, 1.165) is 64.2 Å². The maximum absolute atomic E-state index is 13.5. The molecule has 1 amide bonds. The third-order valence-electron chi connectivity index (χ3n) is 13.6. The van der Waals surface area contributed by atoms with E-state index in [9.17, 15) is 19.0 Å². The Labute approximate surface area is 463 Å². The molecule has 3 unspecified atom stereocenters. The Balaban J connectivity index is 5.13. The molecule has 0 saturated heterocycles. The zero-order valence-electron chi connectivity index (χ0n) is 49.8. The normalized spacial score (nSPS) is 14.2. The summed E-state index contributed by atoms with van der Waals surface area (Å²) in [6.45, 7) is 6.94. The summed E-state index contributed by atoms with van der Waals surface area (Å²) in [6, 6.07) is -0.873. The van der Waals surface area contributed by atoms with E-state index >= 15 is 0 Å². The van der Waals surface area contributed by atoms with Gasteiger partial charge >= 0.3 is 13.8 Å². The molecule has 0 aliphatic rings. The molecule has 0 aromatic heterocycles. The van der Waals surface area contributed by atoms with Crippen molar-refractivity contribution in [3.05, 3.63) is 72.9 Å². The van der Waals surface area contributed by atoms with Gasteiger partial charge in [0.05, 0.1) is 33.8 Å². The van der Waals surface area contributed by atoms with Crippen LogP contribution in [0.3, 0.4) is 0 Å². The van der Waals surface area contributed by atoms with Crippen LogP contribution in [-0.2, 0) is 27.9 Å². The summed E-state index contributed by atoms with van der Waals surface area (Å²) >= 11 is 0. The molecular weight excluding hydrogens is 952 g/mol. The number of esters is 1. The van der Waals surface area contributed by atoms with E-state index in [1.165, 1.54) is 173 Å². The fourth-order valence-corrected chi connectivity index (χ4v) is 9.50. The van der Waals surface area contributed by atoms with Crippen LogP contribution in [0, 0.1) is 0 Å². The van der Waals surface area contributed by atoms with E-state index in [0.29, 0.717) is 23.9 Å². The molecule has 0 aromatic rings. The topological polar surface area (TPSA) is 111 Å². The van der Waals surface area contributed by atoms with Crippen molar-refractivity contribution < 1.29 is 37.3 Å². The van der Waals surface area contributed by atoms with Crippen LogP contribution >= 0.6 is 7.82 Å². The minimum Gasteiger partial charge on any atom is -0.456 e. The molecule has 436 valence electrons. The molecular formula is C65H120N2O7P+. The van der Waals surface area contributed by atoms with Crippen molar-refractivity contribution in [1.82, 2.24) is 5.32 Å². The molecule has 3 atom stereocenters. The van der Waals surface area contributed by atoms with Crippen LogP contribution in [0.25, 0.3) is 0 Å². The summed E-state index contributed by atoms with van der Waals surface area (Å²) in [7, 11) is 1.47. The second-order valence-corrected chi connectivity index (χ2v) is 23.7. The minimum absolute atomic E-state index is 0.0307. The van der Waals surface area contributed by atoms with Gasteiger partial charge in [0.25, 0.3) is 0 Å². The first-order valence-electron chi connectivity index (χ1n) is 31.3. The number of quaternary nitrogens is 1. The summed E-state index contributed by atoms with van der Waals surface area (Å²) in [5.41, 5.74) is 0. The molecule has 0 spiro atoms. The molecule has 10 heteroatoms. The number of unbranched alkanes of at least 4 members (excludes halogenated alkanes) is 30. The minimum atomic E-state index is -4.46. The van der Waals surface area contributed by atoms with Crippen LogP contribution in [0.1, 0.15) is 278 Å². The molecule has 0 aliphatic heterocycles. The monoisotopic (exact) mass is 1070 g/mol. The maximum Gasteiger partial charge on any atom is 0.472 e. The molecule has 2 N–H and O–H groups in total. The lowest BCUT2D eigenvalue weighted by atomic mass is 10.0. The quantitative estimate of drug-likeness (QED) is 0.0205. The van der Waals surface area contributed by atoms with E-state index in [4.69, 9.17) is 13.8 Å². The lowest BCUT2D eigenvalue weighted by Crippen LogP contribution is -2.47. The number of likely N-dealkylation sites (N-methyl/N-ethyl adjacent to an activating group) is 1. The fraction of sp³-hybridized carbons (Fsp3) is 0.785. The molecule has 0 rings (SSSR count). The lowest BCUT2D eigenvalue weighted by Gasteiger charge is -2.27. The number of hydrogen-bond acceptors (Lipinski definition) is 6. The van der Waals surface area contributed by atoms with E-state index in [1.807, 2.05) is 39.4 Å². The number of hydrogen-bond donors (Lipinski definition) is 2. The molecule has 75 heavy (non-hydrogen) atoms. The van der Waals surface area contributed by atoms with E-state index in [1.54, 1.807) is 0 Å². The van der Waals surface area contributed by atoms with Crippen molar-refractivity contribution >= 4 is 19.7 Å². The largest absolute Gasteiger partial charge is 0.472 e. The number of carbonyl (C=O) groups excluding carboxylic acids is 2. The van der Waals surface area contributed by atoms with Crippen molar-refractivity contribution in [2.24, 2.45) is 0 Å². The molecule has 0 fully saturated rings. The predicted octanol–water partition coefficient (Wildman–Crippen LogP) is 19.2. The van der Waals surface area contributed by atoms with Gasteiger partial charge in [0.15, 0.2) is 0 Å². The summed E-state index contributed by atoms with van der Waals surface area (Å²) in [5, 5.41) is 3.04. The predicted molar refractivity (Wildman–Crippen MR) is 323 cm³/mol. The number of allylic oxidation sites excluding steroid dienone is 11. The summed E-state index contributed by atoms with van der Waals surface area (Å²) in [5.74, 6) is -0.584. The third-order valence-corrected chi connectivity index (χ3v) is 14.6. The number of phosphoric ester groups is 1. The average Bonchev–Trinajstić information content (AvgIpc) is 3.37. The van der Waals surface area contributed by atoms with E-state index < -0.39 is 25.9 Å². The summed E-state index contributed by atoms with van der Waals surface area (Å²) < 4.78 is 30.6. The number of phosphoric acid groups is 1. The van der Waals surface area contributed by atoms with Gasteiger partial charge in [-0.1, -0.05) is 248 Å². The number of ether oxygens (including phenoxy) is 1. The van der Waals surface area contributed by atoms with Crippen molar-refractivity contribution in [2.75, 3.05) is 40.9 Å². The smallest absolute Gasteiger partial charge is 0.456 e. The fourth-order valence-electron chi connectivity index (χ4n) is 8.76. The molecule has 9 nitrogen and oxygen atoms in total. The van der Waals surface area contributed by atoms with Crippen molar-refractivity contribution in [3.8, 4) is 0 Å². The van der Waals surface area contributed by atoms with Gasteiger partial charge in [-0.05, 0) is 89.5 Å². The van der Waals surface area contributed by atoms with Crippen LogP contribution < -0.4 is 5.32 Å². The van der Waals surface area contributed by atoms with Gasteiger partial charge in [-0.3, -0.25) is 18.6 Å². The first-order valence-corrected chi connectivity index (χ1v) is 32.8. The highest BCUT2D eigenvalue weighted by atomic mass is 31.2. The first-order chi connectivity index (χ1) is 36.4. The van der Waals surface area contributed by atoms with Gasteiger partial charge in [0.2, 0.25) is 5.91 Å². The standard InChI is InChI=1S/C65H119N2O7P/c1-7-10-13-16-19-22-25-27-28-29-30-31-32-33-34-35-36-37-38-40-42-45-48-51-54-57-64(68)66-62(61-73-75(70,71)72-60-59-67(4,5)6)63(56-53-50-47-44-41-24-21-18-15-12-9-3)74-65(69)58-55-52-49-46-43-39-26-23-20-17-14-11-8-2/h19,22,27-28,30-31,39,43,49,52-53,56,62-63H,7-18,20-21,23-26,29,32-38,40-42,44-48,50-51,54-55,57-61H2,1-6H3,(H-,66,68,70,71)/p+1/b22-19-,28-27-,31-30-,43-39-,52-49+,56-53-. The molecule has 0 heterocycles. The molecule has 0 radical (unpaired) electrons. The molecule has 0 aliphatic carbocycles. The van der Waals surface area contributed by atoms with Gasteiger partial charge in [-0.15, -0.1) is 0 Å². The number of rotatable bonds is 56. The molecule has 0 aromatic carbocycles.